The number of benzene rings is 1. The van der Waals surface area contributed by atoms with Gasteiger partial charge in [0.1, 0.15) is 5.00 Å². The van der Waals surface area contributed by atoms with Crippen molar-refractivity contribution in [3.8, 4) is 0 Å². The van der Waals surface area contributed by atoms with Crippen molar-refractivity contribution < 1.29 is 9.59 Å². The predicted octanol–water partition coefficient (Wildman–Crippen LogP) is 2.58. The van der Waals surface area contributed by atoms with E-state index in [4.69, 9.17) is 23.1 Å². The zero-order chi connectivity index (χ0) is 14.7. The van der Waals surface area contributed by atoms with Crippen LogP contribution in [0.3, 0.4) is 0 Å². The average molecular weight is 310 g/mol. The number of nitrogens with one attached hydrogen (secondary N) is 1. The van der Waals surface area contributed by atoms with E-state index < -0.39 is 11.9 Å². The lowest BCUT2D eigenvalue weighted by atomic mass is 10.1. The number of primary amides is 2. The number of carbonyl (C=O) groups is 2. The Kier molecular flexibility index (Phi) is 4.26. The SMILES string of the molecule is NC(=O)Nc1sc(Cc2ccc(Cl)cc2)cc1C(N)=O. The van der Waals surface area contributed by atoms with Crippen LogP contribution in [-0.2, 0) is 6.42 Å². The molecule has 0 bridgehead atoms. The molecule has 3 amide bonds. The second-order valence-electron chi connectivity index (χ2n) is 4.11. The Morgan fingerprint density at radius 3 is 2.40 bits per heavy atom. The summed E-state index contributed by atoms with van der Waals surface area (Å²) in [5.41, 5.74) is 11.6. The van der Waals surface area contributed by atoms with Crippen molar-refractivity contribution in [3.05, 3.63) is 51.4 Å². The molecule has 2 aromatic rings. The van der Waals surface area contributed by atoms with Crippen molar-refractivity contribution in [1.29, 1.82) is 0 Å². The van der Waals surface area contributed by atoms with Gasteiger partial charge in [0.2, 0.25) is 0 Å². The van der Waals surface area contributed by atoms with Crippen LogP contribution in [0.15, 0.2) is 30.3 Å². The Hall–Kier alpha value is -2.05. The van der Waals surface area contributed by atoms with Crippen molar-refractivity contribution >= 4 is 39.9 Å². The van der Waals surface area contributed by atoms with Crippen LogP contribution in [0.25, 0.3) is 0 Å². The molecule has 104 valence electrons. The zero-order valence-electron chi connectivity index (χ0n) is 10.4. The number of halogens is 1. The van der Waals surface area contributed by atoms with E-state index in [9.17, 15) is 9.59 Å². The highest BCUT2D eigenvalue weighted by molar-refractivity contribution is 7.16. The Labute approximate surface area is 124 Å². The molecule has 2 rings (SSSR count). The van der Waals surface area contributed by atoms with Crippen LogP contribution in [0.2, 0.25) is 5.02 Å². The number of anilines is 1. The standard InChI is InChI=1S/C13H12ClN3O2S/c14-8-3-1-7(2-4-8)5-9-6-10(11(15)18)12(20-9)17-13(16)19/h1-4,6H,5H2,(H2,15,18)(H3,16,17,19). The predicted molar refractivity (Wildman–Crippen MR) is 80.3 cm³/mol. The highest BCUT2D eigenvalue weighted by atomic mass is 35.5. The van der Waals surface area contributed by atoms with Crippen molar-refractivity contribution in [3.63, 3.8) is 0 Å². The summed E-state index contributed by atoms with van der Waals surface area (Å²) in [5.74, 6) is -0.604. The monoisotopic (exact) mass is 309 g/mol. The Morgan fingerprint density at radius 2 is 1.85 bits per heavy atom. The fourth-order valence-electron chi connectivity index (χ4n) is 1.72. The molecular formula is C13H12ClN3O2S. The Bertz CT molecular complexity index is 652. The first-order chi connectivity index (χ1) is 9.45. The molecule has 1 aromatic carbocycles. The van der Waals surface area contributed by atoms with E-state index in [0.29, 0.717) is 16.4 Å². The van der Waals surface area contributed by atoms with E-state index in [1.807, 2.05) is 12.1 Å². The lowest BCUT2D eigenvalue weighted by molar-refractivity contribution is 0.100. The van der Waals surface area contributed by atoms with E-state index in [-0.39, 0.29) is 5.56 Å². The molecule has 0 saturated carbocycles. The minimum atomic E-state index is -0.729. The first-order valence-corrected chi connectivity index (χ1v) is 6.88. The van der Waals surface area contributed by atoms with Gasteiger partial charge in [0.15, 0.2) is 0 Å². The van der Waals surface area contributed by atoms with E-state index in [1.54, 1.807) is 18.2 Å². The minimum Gasteiger partial charge on any atom is -0.366 e. The fraction of sp³-hybridized carbons (Fsp3) is 0.0769. The van der Waals surface area contributed by atoms with Crippen LogP contribution in [-0.4, -0.2) is 11.9 Å². The molecule has 0 spiro atoms. The summed E-state index contributed by atoms with van der Waals surface area (Å²) in [5, 5.41) is 3.44. The summed E-state index contributed by atoms with van der Waals surface area (Å²) in [6.07, 6.45) is 0.614. The first-order valence-electron chi connectivity index (χ1n) is 5.69. The van der Waals surface area contributed by atoms with Crippen LogP contribution >= 0.6 is 22.9 Å². The molecule has 7 heteroatoms. The van der Waals surface area contributed by atoms with Gasteiger partial charge in [0.25, 0.3) is 5.91 Å². The maximum absolute atomic E-state index is 11.3. The van der Waals surface area contributed by atoms with Gasteiger partial charge < -0.3 is 11.5 Å². The molecule has 0 saturated heterocycles. The highest BCUT2D eigenvalue weighted by Gasteiger charge is 2.15. The normalized spacial score (nSPS) is 10.2. The number of urea groups is 1. The molecule has 0 aliphatic carbocycles. The molecule has 0 radical (unpaired) electrons. The van der Waals surface area contributed by atoms with Gasteiger partial charge in [-0.3, -0.25) is 10.1 Å². The van der Waals surface area contributed by atoms with Gasteiger partial charge >= 0.3 is 6.03 Å². The first kappa shape index (κ1) is 14.4. The number of hydrogen-bond acceptors (Lipinski definition) is 3. The zero-order valence-corrected chi connectivity index (χ0v) is 11.9. The Balaban J connectivity index is 2.26. The van der Waals surface area contributed by atoms with Gasteiger partial charge in [-0.05, 0) is 23.8 Å². The molecule has 20 heavy (non-hydrogen) atoms. The molecule has 5 N–H and O–H groups in total. The number of nitrogens with two attached hydrogens (primary N) is 2. The molecular weight excluding hydrogens is 298 g/mol. The van der Waals surface area contributed by atoms with Crippen LogP contribution in [0.1, 0.15) is 20.8 Å². The molecule has 1 heterocycles. The molecule has 0 fully saturated rings. The third kappa shape index (κ3) is 3.49. The van der Waals surface area contributed by atoms with Gasteiger partial charge in [-0.2, -0.15) is 0 Å². The Morgan fingerprint density at radius 1 is 1.20 bits per heavy atom. The topological polar surface area (TPSA) is 98.2 Å². The van der Waals surface area contributed by atoms with Gasteiger partial charge in [0, 0.05) is 16.3 Å². The summed E-state index contributed by atoms with van der Waals surface area (Å²) >= 11 is 7.09. The highest BCUT2D eigenvalue weighted by Crippen LogP contribution is 2.29. The lowest BCUT2D eigenvalue weighted by Gasteiger charge is -1.99. The summed E-state index contributed by atoms with van der Waals surface area (Å²) in [6.45, 7) is 0. The van der Waals surface area contributed by atoms with E-state index in [2.05, 4.69) is 5.32 Å². The summed E-state index contributed by atoms with van der Waals surface area (Å²) < 4.78 is 0. The molecule has 0 aliphatic rings. The maximum atomic E-state index is 11.3. The lowest BCUT2D eigenvalue weighted by Crippen LogP contribution is -2.21. The van der Waals surface area contributed by atoms with E-state index >= 15 is 0 Å². The molecule has 0 unspecified atom stereocenters. The van der Waals surface area contributed by atoms with Crippen molar-refractivity contribution in [1.82, 2.24) is 0 Å². The largest absolute Gasteiger partial charge is 0.366 e. The second kappa shape index (κ2) is 5.94. The van der Waals surface area contributed by atoms with E-state index in [1.165, 1.54) is 11.3 Å². The van der Waals surface area contributed by atoms with Crippen LogP contribution in [0.4, 0.5) is 9.80 Å². The average Bonchev–Trinajstić information content (AvgIpc) is 2.74. The molecule has 5 nitrogen and oxygen atoms in total. The number of carbonyl (C=O) groups excluding carboxylic acids is 2. The van der Waals surface area contributed by atoms with Crippen LogP contribution in [0, 0.1) is 0 Å². The minimum absolute atomic E-state index is 0.262. The second-order valence-corrected chi connectivity index (χ2v) is 5.69. The fourth-order valence-corrected chi connectivity index (χ4v) is 2.95. The van der Waals surface area contributed by atoms with Gasteiger partial charge in [-0.1, -0.05) is 23.7 Å². The number of rotatable bonds is 4. The van der Waals surface area contributed by atoms with Gasteiger partial charge in [-0.15, -0.1) is 11.3 Å². The van der Waals surface area contributed by atoms with Crippen molar-refractivity contribution in [2.75, 3.05) is 5.32 Å². The maximum Gasteiger partial charge on any atom is 0.317 e. The third-order valence-electron chi connectivity index (χ3n) is 2.58. The van der Waals surface area contributed by atoms with Gasteiger partial charge in [0.05, 0.1) is 5.56 Å². The van der Waals surface area contributed by atoms with Crippen molar-refractivity contribution in [2.45, 2.75) is 6.42 Å². The molecule has 0 atom stereocenters. The summed E-state index contributed by atoms with van der Waals surface area (Å²) in [4.78, 5) is 23.1. The van der Waals surface area contributed by atoms with Crippen LogP contribution < -0.4 is 16.8 Å². The number of thiophene rings is 1. The summed E-state index contributed by atoms with van der Waals surface area (Å²) in [6, 6.07) is 8.31. The quantitative estimate of drug-likeness (QED) is 0.809. The van der Waals surface area contributed by atoms with Crippen LogP contribution in [0.5, 0.6) is 0 Å². The number of hydrogen-bond donors (Lipinski definition) is 3. The smallest absolute Gasteiger partial charge is 0.317 e. The number of amides is 3. The van der Waals surface area contributed by atoms with E-state index in [0.717, 1.165) is 10.4 Å². The van der Waals surface area contributed by atoms with Crippen molar-refractivity contribution in [2.24, 2.45) is 11.5 Å². The molecule has 1 aromatic heterocycles. The van der Waals surface area contributed by atoms with Gasteiger partial charge in [-0.25, -0.2) is 4.79 Å². The molecule has 0 aliphatic heterocycles. The third-order valence-corrected chi connectivity index (χ3v) is 3.88. The summed E-state index contributed by atoms with van der Waals surface area (Å²) in [7, 11) is 0.